The second-order valence-electron chi connectivity index (χ2n) is 8.44. The molecule has 4 heterocycles. The van der Waals surface area contributed by atoms with Crippen molar-refractivity contribution in [2.45, 2.75) is 26.2 Å². The van der Waals surface area contributed by atoms with Gasteiger partial charge >= 0.3 is 0 Å². The quantitative estimate of drug-likeness (QED) is 0.625. The van der Waals surface area contributed by atoms with E-state index in [2.05, 4.69) is 19.9 Å². The molecule has 1 amide bonds. The maximum Gasteiger partial charge on any atom is 0.276 e. The minimum atomic E-state index is -0.0940. The Morgan fingerprint density at radius 1 is 0.875 bits per heavy atom. The molecule has 2 saturated heterocycles. The summed E-state index contributed by atoms with van der Waals surface area (Å²) in [5, 5.41) is 4.01. The summed E-state index contributed by atoms with van der Waals surface area (Å²) in [6.07, 6.45) is 3.67. The maximum atomic E-state index is 13.0. The van der Waals surface area contributed by atoms with Gasteiger partial charge in [-0.05, 0) is 26.2 Å². The van der Waals surface area contributed by atoms with E-state index >= 15 is 0 Å². The molecule has 32 heavy (non-hydrogen) atoms. The lowest BCUT2D eigenvalue weighted by atomic mass is 10.1. The lowest BCUT2D eigenvalue weighted by Crippen LogP contribution is -2.49. The summed E-state index contributed by atoms with van der Waals surface area (Å²) in [5.41, 5.74) is 2.24. The van der Waals surface area contributed by atoms with Crippen LogP contribution in [0, 0.1) is 6.92 Å². The summed E-state index contributed by atoms with van der Waals surface area (Å²) in [4.78, 5) is 28.8. The van der Waals surface area contributed by atoms with Crippen molar-refractivity contribution in [3.8, 4) is 11.3 Å². The molecule has 0 N–H and O–H groups in total. The number of carbonyl (C=O) groups excluding carboxylic acids is 1. The van der Waals surface area contributed by atoms with Crippen LogP contribution in [0.25, 0.3) is 11.3 Å². The first kappa shape index (κ1) is 20.5. The molecule has 2 fully saturated rings. The van der Waals surface area contributed by atoms with Gasteiger partial charge in [0.15, 0.2) is 11.5 Å². The van der Waals surface area contributed by atoms with E-state index in [1.54, 1.807) is 6.07 Å². The van der Waals surface area contributed by atoms with Crippen molar-refractivity contribution >= 4 is 17.7 Å². The molecular weight excluding hydrogens is 404 g/mol. The Hall–Kier alpha value is -3.42. The van der Waals surface area contributed by atoms with E-state index < -0.39 is 0 Å². The summed E-state index contributed by atoms with van der Waals surface area (Å²) < 4.78 is 5.41. The SMILES string of the molecule is Cc1cc(N2CCN(C(=O)c3cc(-c4ccccc4)on3)CC2)nc(N2CCCCC2)n1. The van der Waals surface area contributed by atoms with Crippen LogP contribution in [0.4, 0.5) is 11.8 Å². The normalized spacial score (nSPS) is 17.0. The van der Waals surface area contributed by atoms with E-state index in [9.17, 15) is 4.79 Å². The third kappa shape index (κ3) is 4.30. The summed E-state index contributed by atoms with van der Waals surface area (Å²) in [7, 11) is 0. The van der Waals surface area contributed by atoms with E-state index in [0.717, 1.165) is 49.2 Å². The van der Waals surface area contributed by atoms with E-state index in [4.69, 9.17) is 9.51 Å². The molecule has 0 saturated carbocycles. The molecule has 0 aliphatic carbocycles. The molecular formula is C24H28N6O2. The summed E-state index contributed by atoms with van der Waals surface area (Å²) in [6.45, 7) is 6.76. The number of hydrogen-bond acceptors (Lipinski definition) is 7. The lowest BCUT2D eigenvalue weighted by Gasteiger charge is -2.35. The second-order valence-corrected chi connectivity index (χ2v) is 8.44. The van der Waals surface area contributed by atoms with E-state index in [1.807, 2.05) is 48.2 Å². The number of aromatic nitrogens is 3. The third-order valence-electron chi connectivity index (χ3n) is 6.15. The zero-order chi connectivity index (χ0) is 21.9. The fourth-order valence-corrected chi connectivity index (χ4v) is 4.35. The number of benzene rings is 1. The molecule has 5 rings (SSSR count). The molecule has 0 spiro atoms. The average Bonchev–Trinajstić information content (AvgIpc) is 3.35. The minimum absolute atomic E-state index is 0.0940. The standard InChI is InChI=1S/C24H28N6O2/c1-18-16-22(26-24(25-18)30-10-6-3-7-11-30)28-12-14-29(15-13-28)23(31)20-17-21(32-27-20)19-8-4-2-5-9-19/h2,4-5,8-9,16-17H,3,6-7,10-15H2,1H3. The van der Waals surface area contributed by atoms with Crippen LogP contribution in [0.2, 0.25) is 0 Å². The Kier molecular flexibility index (Phi) is 5.75. The largest absolute Gasteiger partial charge is 0.355 e. The Labute approximate surface area is 187 Å². The van der Waals surface area contributed by atoms with Gasteiger partial charge in [-0.15, -0.1) is 0 Å². The predicted molar refractivity (Wildman–Crippen MR) is 123 cm³/mol. The molecule has 0 atom stereocenters. The van der Waals surface area contributed by atoms with Crippen LogP contribution in [0.5, 0.6) is 0 Å². The monoisotopic (exact) mass is 432 g/mol. The average molecular weight is 433 g/mol. The number of hydrogen-bond donors (Lipinski definition) is 0. The van der Waals surface area contributed by atoms with Crippen LogP contribution in [0.1, 0.15) is 35.4 Å². The molecule has 2 aliphatic rings. The van der Waals surface area contributed by atoms with Gasteiger partial charge in [0.05, 0.1) is 0 Å². The van der Waals surface area contributed by atoms with Gasteiger partial charge in [-0.2, -0.15) is 4.98 Å². The van der Waals surface area contributed by atoms with Crippen LogP contribution in [0.3, 0.4) is 0 Å². The number of aryl methyl sites for hydroxylation is 1. The van der Waals surface area contributed by atoms with Crippen molar-refractivity contribution < 1.29 is 9.32 Å². The number of rotatable bonds is 4. The number of piperidine rings is 1. The number of piperazine rings is 1. The molecule has 0 unspecified atom stereocenters. The van der Waals surface area contributed by atoms with Crippen LogP contribution in [-0.2, 0) is 0 Å². The fourth-order valence-electron chi connectivity index (χ4n) is 4.35. The molecule has 3 aromatic rings. The smallest absolute Gasteiger partial charge is 0.276 e. The van der Waals surface area contributed by atoms with Gasteiger partial charge in [-0.3, -0.25) is 4.79 Å². The molecule has 1 aromatic carbocycles. The van der Waals surface area contributed by atoms with Crippen LogP contribution >= 0.6 is 0 Å². The highest BCUT2D eigenvalue weighted by Gasteiger charge is 2.26. The lowest BCUT2D eigenvalue weighted by molar-refractivity contribution is 0.0736. The van der Waals surface area contributed by atoms with Gasteiger partial charge in [0.1, 0.15) is 5.82 Å². The van der Waals surface area contributed by atoms with E-state index in [0.29, 0.717) is 24.5 Å². The summed E-state index contributed by atoms with van der Waals surface area (Å²) in [5.74, 6) is 2.28. The van der Waals surface area contributed by atoms with Gasteiger partial charge in [0, 0.05) is 62.7 Å². The highest BCUT2D eigenvalue weighted by molar-refractivity contribution is 5.93. The Balaban J connectivity index is 1.24. The fraction of sp³-hybridized carbons (Fsp3) is 0.417. The molecule has 2 aromatic heterocycles. The second kappa shape index (κ2) is 8.98. The van der Waals surface area contributed by atoms with Crippen molar-refractivity contribution in [1.82, 2.24) is 20.0 Å². The Morgan fingerprint density at radius 3 is 2.38 bits per heavy atom. The zero-order valence-electron chi connectivity index (χ0n) is 18.4. The topological polar surface area (TPSA) is 78.6 Å². The van der Waals surface area contributed by atoms with Crippen molar-refractivity contribution in [3.05, 3.63) is 53.9 Å². The summed E-state index contributed by atoms with van der Waals surface area (Å²) in [6, 6.07) is 13.5. The Bertz CT molecular complexity index is 1070. The predicted octanol–water partition coefficient (Wildman–Crippen LogP) is 3.39. The zero-order valence-corrected chi connectivity index (χ0v) is 18.4. The van der Waals surface area contributed by atoms with Crippen molar-refractivity contribution in [3.63, 3.8) is 0 Å². The summed E-state index contributed by atoms with van der Waals surface area (Å²) >= 11 is 0. The van der Waals surface area contributed by atoms with Crippen LogP contribution in [-0.4, -0.2) is 65.2 Å². The molecule has 8 nitrogen and oxygen atoms in total. The van der Waals surface area contributed by atoms with Gasteiger partial charge in [0.2, 0.25) is 5.95 Å². The molecule has 166 valence electrons. The van der Waals surface area contributed by atoms with Gasteiger partial charge in [0.25, 0.3) is 5.91 Å². The first-order valence-electron chi connectivity index (χ1n) is 11.3. The first-order chi connectivity index (χ1) is 15.7. The number of anilines is 2. The number of amides is 1. The maximum absolute atomic E-state index is 13.0. The third-order valence-corrected chi connectivity index (χ3v) is 6.15. The van der Waals surface area contributed by atoms with Crippen LogP contribution in [0.15, 0.2) is 47.0 Å². The van der Waals surface area contributed by atoms with Crippen molar-refractivity contribution in [2.24, 2.45) is 0 Å². The Morgan fingerprint density at radius 2 is 1.62 bits per heavy atom. The van der Waals surface area contributed by atoms with Gasteiger partial charge < -0.3 is 19.2 Å². The molecule has 8 heteroatoms. The molecule has 0 bridgehead atoms. The van der Waals surface area contributed by atoms with Crippen molar-refractivity contribution in [1.29, 1.82) is 0 Å². The highest BCUT2D eigenvalue weighted by atomic mass is 16.5. The van der Waals surface area contributed by atoms with E-state index in [1.165, 1.54) is 19.3 Å². The van der Waals surface area contributed by atoms with Crippen LogP contribution < -0.4 is 9.80 Å². The number of carbonyl (C=O) groups is 1. The van der Waals surface area contributed by atoms with Gasteiger partial charge in [-0.25, -0.2) is 4.98 Å². The highest BCUT2D eigenvalue weighted by Crippen LogP contribution is 2.23. The molecule has 0 radical (unpaired) electrons. The molecule has 2 aliphatic heterocycles. The van der Waals surface area contributed by atoms with Crippen molar-refractivity contribution in [2.75, 3.05) is 49.1 Å². The van der Waals surface area contributed by atoms with E-state index in [-0.39, 0.29) is 5.91 Å². The first-order valence-corrected chi connectivity index (χ1v) is 11.3. The van der Waals surface area contributed by atoms with Gasteiger partial charge in [-0.1, -0.05) is 35.5 Å². The minimum Gasteiger partial charge on any atom is -0.355 e. The number of nitrogens with zero attached hydrogens (tertiary/aromatic N) is 6.